The van der Waals surface area contributed by atoms with Gasteiger partial charge in [-0.1, -0.05) is 37.8 Å². The first-order valence-electron chi connectivity index (χ1n) is 6.07. The Balaban J connectivity index is 3.27. The average Bonchev–Trinajstić information content (AvgIpc) is 2.18. The lowest BCUT2D eigenvalue weighted by molar-refractivity contribution is 0.283. The summed E-state index contributed by atoms with van der Waals surface area (Å²) in [5.74, 6) is 0. The zero-order valence-corrected chi connectivity index (χ0v) is 9.89. The molecule has 0 amide bonds. The Labute approximate surface area is 89.2 Å². The van der Waals surface area contributed by atoms with Crippen LogP contribution in [0.5, 0.6) is 0 Å². The topological polar surface area (TPSA) is 20.2 Å². The third kappa shape index (κ3) is 9.79. The van der Waals surface area contributed by atoms with Crippen LogP contribution in [-0.4, -0.2) is 11.7 Å². The van der Waals surface area contributed by atoms with Crippen LogP contribution < -0.4 is 0 Å². The summed E-state index contributed by atoms with van der Waals surface area (Å²) in [6.45, 7) is 4.83. The van der Waals surface area contributed by atoms with Crippen molar-refractivity contribution in [3.63, 3.8) is 0 Å². The molecule has 0 aliphatic carbocycles. The van der Waals surface area contributed by atoms with Gasteiger partial charge in [-0.2, -0.15) is 0 Å². The van der Waals surface area contributed by atoms with Crippen molar-refractivity contribution < 1.29 is 5.11 Å². The van der Waals surface area contributed by atoms with E-state index in [4.69, 9.17) is 5.11 Å². The summed E-state index contributed by atoms with van der Waals surface area (Å²) in [5, 5.41) is 8.60. The Morgan fingerprint density at radius 1 is 1.07 bits per heavy atom. The molecule has 0 aliphatic heterocycles. The molecule has 0 fully saturated rings. The van der Waals surface area contributed by atoms with E-state index in [9.17, 15) is 0 Å². The highest BCUT2D eigenvalue weighted by Crippen LogP contribution is 2.10. The second kappa shape index (κ2) is 10.8. The smallest absolute Gasteiger partial charge is 0.0431 e. The third-order valence-corrected chi connectivity index (χ3v) is 2.53. The number of aliphatic hydroxyl groups is 1. The van der Waals surface area contributed by atoms with E-state index in [-0.39, 0.29) is 0 Å². The lowest BCUT2D eigenvalue weighted by Crippen LogP contribution is -1.83. The Kier molecular flexibility index (Phi) is 10.5. The van der Waals surface area contributed by atoms with Crippen LogP contribution in [0.25, 0.3) is 0 Å². The number of unbranched alkanes of at least 4 members (excludes halogenated alkanes) is 5. The predicted octanol–water partition coefficient (Wildman–Crippen LogP) is 4.07. The molecule has 0 aromatic heterocycles. The summed E-state index contributed by atoms with van der Waals surface area (Å²) in [6.07, 6.45) is 12.2. The normalized spacial score (nSPS) is 12.1. The highest BCUT2D eigenvalue weighted by Gasteiger charge is 1.91. The first-order chi connectivity index (χ1) is 6.81. The molecule has 84 valence electrons. The number of allylic oxidation sites excluding steroid dienone is 2. The molecule has 0 saturated heterocycles. The van der Waals surface area contributed by atoms with Crippen molar-refractivity contribution in [2.24, 2.45) is 0 Å². The molecule has 0 bridgehead atoms. The fraction of sp³-hybridized carbons (Fsp3) is 0.846. The fourth-order valence-electron chi connectivity index (χ4n) is 1.54. The molecule has 0 aromatic carbocycles. The van der Waals surface area contributed by atoms with Crippen LogP contribution in [0.2, 0.25) is 0 Å². The molecule has 0 heterocycles. The van der Waals surface area contributed by atoms with E-state index < -0.39 is 0 Å². The zero-order valence-electron chi connectivity index (χ0n) is 9.89. The van der Waals surface area contributed by atoms with Crippen molar-refractivity contribution in [1.29, 1.82) is 0 Å². The zero-order chi connectivity index (χ0) is 10.6. The van der Waals surface area contributed by atoms with Crippen LogP contribution >= 0.6 is 0 Å². The number of hydrogen-bond donors (Lipinski definition) is 1. The molecule has 0 aromatic rings. The maximum absolute atomic E-state index is 8.60. The molecule has 1 heteroatoms. The van der Waals surface area contributed by atoms with Gasteiger partial charge in [-0.15, -0.1) is 0 Å². The molecule has 0 atom stereocenters. The summed E-state index contributed by atoms with van der Waals surface area (Å²) < 4.78 is 0. The standard InChI is InChI=1S/C13H26O/c1-3-4-7-10-13(2)11-8-5-6-9-12-14/h11,14H,3-10,12H2,1-2H3. The molecule has 0 spiro atoms. The van der Waals surface area contributed by atoms with Crippen molar-refractivity contribution in [2.45, 2.75) is 65.2 Å². The summed E-state index contributed by atoms with van der Waals surface area (Å²) >= 11 is 0. The van der Waals surface area contributed by atoms with Gasteiger partial charge < -0.3 is 5.11 Å². The van der Waals surface area contributed by atoms with E-state index >= 15 is 0 Å². The lowest BCUT2D eigenvalue weighted by atomic mass is 10.1. The van der Waals surface area contributed by atoms with Gasteiger partial charge in [0.05, 0.1) is 0 Å². The van der Waals surface area contributed by atoms with Crippen LogP contribution in [0.15, 0.2) is 11.6 Å². The maximum Gasteiger partial charge on any atom is 0.0431 e. The predicted molar refractivity (Wildman–Crippen MR) is 63.5 cm³/mol. The van der Waals surface area contributed by atoms with Crippen molar-refractivity contribution in [2.75, 3.05) is 6.61 Å². The summed E-state index contributed by atoms with van der Waals surface area (Å²) in [6, 6.07) is 0. The SMILES string of the molecule is CCCCCC(C)=CCCCCCO. The maximum atomic E-state index is 8.60. The van der Waals surface area contributed by atoms with Gasteiger partial charge in [-0.05, 0) is 39.0 Å². The molecule has 0 saturated carbocycles. The number of rotatable bonds is 9. The third-order valence-electron chi connectivity index (χ3n) is 2.53. The van der Waals surface area contributed by atoms with Crippen molar-refractivity contribution >= 4 is 0 Å². The summed E-state index contributed by atoms with van der Waals surface area (Å²) in [4.78, 5) is 0. The van der Waals surface area contributed by atoms with E-state index in [1.807, 2.05) is 0 Å². The highest BCUT2D eigenvalue weighted by molar-refractivity contribution is 4.97. The first-order valence-corrected chi connectivity index (χ1v) is 6.07. The molecule has 14 heavy (non-hydrogen) atoms. The van der Waals surface area contributed by atoms with Gasteiger partial charge in [0.1, 0.15) is 0 Å². The van der Waals surface area contributed by atoms with Gasteiger partial charge in [0.25, 0.3) is 0 Å². The molecule has 0 rings (SSSR count). The fourth-order valence-corrected chi connectivity index (χ4v) is 1.54. The van der Waals surface area contributed by atoms with Crippen molar-refractivity contribution in [3.8, 4) is 0 Å². The molecule has 0 radical (unpaired) electrons. The summed E-state index contributed by atoms with van der Waals surface area (Å²) in [7, 11) is 0. The minimum absolute atomic E-state index is 0.346. The van der Waals surface area contributed by atoms with Crippen LogP contribution in [0.3, 0.4) is 0 Å². The second-order valence-corrected chi connectivity index (χ2v) is 4.08. The van der Waals surface area contributed by atoms with Gasteiger partial charge >= 0.3 is 0 Å². The lowest BCUT2D eigenvalue weighted by Gasteiger charge is -2.00. The molecular formula is C13H26O. The number of hydrogen-bond acceptors (Lipinski definition) is 1. The quantitative estimate of drug-likeness (QED) is 0.437. The second-order valence-electron chi connectivity index (χ2n) is 4.08. The highest BCUT2D eigenvalue weighted by atomic mass is 16.2. The molecule has 0 unspecified atom stereocenters. The van der Waals surface area contributed by atoms with E-state index in [0.29, 0.717) is 6.61 Å². The number of aliphatic hydroxyl groups excluding tert-OH is 1. The van der Waals surface area contributed by atoms with Gasteiger partial charge in [-0.3, -0.25) is 0 Å². The Hall–Kier alpha value is -0.300. The van der Waals surface area contributed by atoms with Crippen LogP contribution in [0.4, 0.5) is 0 Å². The minimum Gasteiger partial charge on any atom is -0.396 e. The first kappa shape index (κ1) is 13.7. The minimum atomic E-state index is 0.346. The Bertz CT molecular complexity index is 138. The van der Waals surface area contributed by atoms with E-state index in [1.165, 1.54) is 38.5 Å². The van der Waals surface area contributed by atoms with E-state index in [0.717, 1.165) is 12.8 Å². The van der Waals surface area contributed by atoms with Gasteiger partial charge in [0, 0.05) is 6.61 Å². The van der Waals surface area contributed by atoms with Gasteiger partial charge in [0.15, 0.2) is 0 Å². The monoisotopic (exact) mass is 198 g/mol. The van der Waals surface area contributed by atoms with Gasteiger partial charge in [0.2, 0.25) is 0 Å². The molecular weight excluding hydrogens is 172 g/mol. The van der Waals surface area contributed by atoms with E-state index in [2.05, 4.69) is 19.9 Å². The van der Waals surface area contributed by atoms with Crippen LogP contribution in [-0.2, 0) is 0 Å². The Morgan fingerprint density at radius 2 is 1.86 bits per heavy atom. The van der Waals surface area contributed by atoms with Gasteiger partial charge in [-0.25, -0.2) is 0 Å². The van der Waals surface area contributed by atoms with Crippen molar-refractivity contribution in [3.05, 3.63) is 11.6 Å². The Morgan fingerprint density at radius 3 is 2.50 bits per heavy atom. The largest absolute Gasteiger partial charge is 0.396 e. The average molecular weight is 198 g/mol. The summed E-state index contributed by atoms with van der Waals surface area (Å²) in [5.41, 5.74) is 1.54. The molecule has 1 nitrogen and oxygen atoms in total. The molecule has 0 aliphatic rings. The van der Waals surface area contributed by atoms with Crippen molar-refractivity contribution in [1.82, 2.24) is 0 Å². The van der Waals surface area contributed by atoms with Crippen LogP contribution in [0, 0.1) is 0 Å². The molecule has 1 N–H and O–H groups in total. The van der Waals surface area contributed by atoms with E-state index in [1.54, 1.807) is 5.57 Å². The van der Waals surface area contributed by atoms with Crippen LogP contribution in [0.1, 0.15) is 65.2 Å².